The van der Waals surface area contributed by atoms with Crippen LogP contribution in [-0.2, 0) is 0 Å². The topological polar surface area (TPSA) is 58.8 Å². The molecule has 1 aliphatic heterocycles. The number of piperidine rings is 1. The molecule has 1 amide bonds. The van der Waals surface area contributed by atoms with Crippen LogP contribution in [0.4, 0.5) is 0 Å². The highest BCUT2D eigenvalue weighted by Gasteiger charge is 2.22. The zero-order chi connectivity index (χ0) is 16.7. The monoisotopic (exact) mass is 391 g/mol. The number of halogens is 2. The zero-order valence-corrected chi connectivity index (χ0v) is 16.8. The molecule has 1 atom stereocenters. The lowest BCUT2D eigenvalue weighted by molar-refractivity contribution is 0.0709. The summed E-state index contributed by atoms with van der Waals surface area (Å²) < 4.78 is 5.75. The number of rotatable bonds is 7. The van der Waals surface area contributed by atoms with Gasteiger partial charge in [-0.15, -0.1) is 24.8 Å². The van der Waals surface area contributed by atoms with Crippen molar-refractivity contribution < 1.29 is 9.53 Å². The summed E-state index contributed by atoms with van der Waals surface area (Å²) in [6.07, 6.45) is 1.99. The van der Waals surface area contributed by atoms with Crippen molar-refractivity contribution in [3.8, 4) is 5.75 Å². The molecule has 5 nitrogen and oxygen atoms in total. The van der Waals surface area contributed by atoms with E-state index in [0.717, 1.165) is 44.8 Å². The van der Waals surface area contributed by atoms with Crippen molar-refractivity contribution >= 4 is 30.7 Å². The van der Waals surface area contributed by atoms with Gasteiger partial charge >= 0.3 is 0 Å². The summed E-state index contributed by atoms with van der Waals surface area (Å²) in [5, 5.41) is 0. The summed E-state index contributed by atoms with van der Waals surface area (Å²) in [5.74, 6) is 0.874. The second-order valence-electron chi connectivity index (χ2n) is 6.05. The third kappa shape index (κ3) is 7.40. The molecule has 1 unspecified atom stereocenters. The summed E-state index contributed by atoms with van der Waals surface area (Å²) in [6, 6.07) is 7.54. The van der Waals surface area contributed by atoms with E-state index in [1.807, 2.05) is 29.2 Å². The second kappa shape index (κ2) is 12.4. The number of ether oxygens (including phenoxy) is 1. The number of amides is 1. The maximum Gasteiger partial charge on any atom is 0.253 e. The van der Waals surface area contributed by atoms with Gasteiger partial charge in [0.1, 0.15) is 12.4 Å². The van der Waals surface area contributed by atoms with E-state index in [-0.39, 0.29) is 36.8 Å². The normalized spacial score (nSPS) is 16.8. The van der Waals surface area contributed by atoms with Crippen molar-refractivity contribution in [1.82, 2.24) is 9.80 Å². The van der Waals surface area contributed by atoms with Crippen LogP contribution in [0, 0.1) is 0 Å². The van der Waals surface area contributed by atoms with Crippen molar-refractivity contribution in [2.24, 2.45) is 5.73 Å². The number of carbonyl (C=O) groups is 1. The molecule has 25 heavy (non-hydrogen) atoms. The zero-order valence-electron chi connectivity index (χ0n) is 15.1. The fourth-order valence-corrected chi connectivity index (χ4v) is 2.90. The van der Waals surface area contributed by atoms with Crippen LogP contribution in [-0.4, -0.2) is 61.1 Å². The van der Waals surface area contributed by atoms with Crippen molar-refractivity contribution in [2.45, 2.75) is 32.7 Å². The smallest absolute Gasteiger partial charge is 0.253 e. The Morgan fingerprint density at radius 1 is 1.24 bits per heavy atom. The van der Waals surface area contributed by atoms with Crippen molar-refractivity contribution in [2.75, 3.05) is 39.3 Å². The lowest BCUT2D eigenvalue weighted by Gasteiger charge is -2.30. The van der Waals surface area contributed by atoms with Gasteiger partial charge in [-0.05, 0) is 50.2 Å². The Hall–Kier alpha value is -1.01. The number of hydrogen-bond acceptors (Lipinski definition) is 4. The third-order valence-electron chi connectivity index (χ3n) is 4.42. The fraction of sp³-hybridized carbons (Fsp3) is 0.611. The minimum atomic E-state index is 0. The van der Waals surface area contributed by atoms with Crippen LogP contribution in [0.15, 0.2) is 24.3 Å². The molecule has 1 fully saturated rings. The number of carbonyl (C=O) groups excluding carboxylic acids is 1. The van der Waals surface area contributed by atoms with Crippen LogP contribution < -0.4 is 10.5 Å². The first-order valence-electron chi connectivity index (χ1n) is 8.64. The van der Waals surface area contributed by atoms with E-state index in [0.29, 0.717) is 18.7 Å². The molecule has 1 aromatic rings. The average molecular weight is 392 g/mol. The molecule has 0 spiro atoms. The molecule has 1 aromatic carbocycles. The van der Waals surface area contributed by atoms with Crippen LogP contribution in [0.5, 0.6) is 5.75 Å². The highest BCUT2D eigenvalue weighted by atomic mass is 35.5. The Kier molecular flexibility index (Phi) is 11.9. The largest absolute Gasteiger partial charge is 0.492 e. The minimum absolute atomic E-state index is 0. The molecule has 0 saturated carbocycles. The van der Waals surface area contributed by atoms with Gasteiger partial charge < -0.3 is 20.3 Å². The quantitative estimate of drug-likeness (QED) is 0.775. The minimum Gasteiger partial charge on any atom is -0.492 e. The highest BCUT2D eigenvalue weighted by molar-refractivity contribution is 5.94. The van der Waals surface area contributed by atoms with Gasteiger partial charge in [0.15, 0.2) is 0 Å². The summed E-state index contributed by atoms with van der Waals surface area (Å²) in [5.41, 5.74) is 6.65. The van der Waals surface area contributed by atoms with E-state index in [1.165, 1.54) is 0 Å². The van der Waals surface area contributed by atoms with Crippen molar-refractivity contribution in [3.05, 3.63) is 29.8 Å². The first-order chi connectivity index (χ1) is 11.1. The van der Waals surface area contributed by atoms with Gasteiger partial charge in [-0.25, -0.2) is 0 Å². The molecule has 0 aromatic heterocycles. The van der Waals surface area contributed by atoms with Gasteiger partial charge in [0.05, 0.1) is 0 Å². The molecule has 144 valence electrons. The predicted octanol–water partition coefficient (Wildman–Crippen LogP) is 2.81. The molecular weight excluding hydrogens is 361 g/mol. The Bertz CT molecular complexity index is 496. The molecule has 0 aliphatic carbocycles. The third-order valence-corrected chi connectivity index (χ3v) is 4.42. The lowest BCUT2D eigenvalue weighted by Crippen LogP contribution is -2.45. The van der Waals surface area contributed by atoms with Gasteiger partial charge in [-0.1, -0.05) is 13.8 Å². The van der Waals surface area contributed by atoms with Crippen molar-refractivity contribution in [1.29, 1.82) is 0 Å². The Labute approximate surface area is 163 Å². The van der Waals surface area contributed by atoms with Crippen LogP contribution in [0.25, 0.3) is 0 Å². The predicted molar refractivity (Wildman–Crippen MR) is 107 cm³/mol. The summed E-state index contributed by atoms with van der Waals surface area (Å²) in [6.45, 7) is 9.40. The summed E-state index contributed by atoms with van der Waals surface area (Å²) in [4.78, 5) is 16.6. The molecule has 7 heteroatoms. The molecule has 2 rings (SSSR count). The Morgan fingerprint density at radius 2 is 1.88 bits per heavy atom. The Balaban J connectivity index is 0.00000288. The van der Waals surface area contributed by atoms with Gasteiger partial charge in [0, 0.05) is 31.2 Å². The molecular formula is C18H31Cl2N3O2. The van der Waals surface area contributed by atoms with Crippen molar-refractivity contribution in [3.63, 3.8) is 0 Å². The van der Waals surface area contributed by atoms with Gasteiger partial charge in [0.2, 0.25) is 0 Å². The SMILES string of the molecule is CCN(CC)CCOc1ccc(C(=O)N2CCCC(N)C2)cc1.Cl.Cl. The van der Waals surface area contributed by atoms with E-state index in [1.54, 1.807) is 0 Å². The van der Waals surface area contributed by atoms with Crippen LogP contribution in [0.3, 0.4) is 0 Å². The number of likely N-dealkylation sites (tertiary alicyclic amines) is 1. The standard InChI is InChI=1S/C18H29N3O2.2ClH/c1-3-20(4-2)12-13-23-17-9-7-15(8-10-17)18(22)21-11-5-6-16(19)14-21;;/h7-10,16H,3-6,11-14,19H2,1-2H3;2*1H. The van der Waals surface area contributed by atoms with E-state index >= 15 is 0 Å². The van der Waals surface area contributed by atoms with Crippen LogP contribution in [0.1, 0.15) is 37.0 Å². The fourth-order valence-electron chi connectivity index (χ4n) is 2.90. The van der Waals surface area contributed by atoms with Gasteiger partial charge in [0.25, 0.3) is 5.91 Å². The molecule has 1 aliphatic rings. The molecule has 2 N–H and O–H groups in total. The highest BCUT2D eigenvalue weighted by Crippen LogP contribution is 2.16. The molecule has 0 bridgehead atoms. The van der Waals surface area contributed by atoms with E-state index in [9.17, 15) is 4.79 Å². The number of benzene rings is 1. The summed E-state index contributed by atoms with van der Waals surface area (Å²) >= 11 is 0. The van der Waals surface area contributed by atoms with Crippen LogP contribution >= 0.6 is 24.8 Å². The van der Waals surface area contributed by atoms with Gasteiger partial charge in [-0.2, -0.15) is 0 Å². The van der Waals surface area contributed by atoms with E-state index < -0.39 is 0 Å². The molecule has 1 saturated heterocycles. The van der Waals surface area contributed by atoms with E-state index in [2.05, 4.69) is 18.7 Å². The number of hydrogen-bond donors (Lipinski definition) is 1. The second-order valence-corrected chi connectivity index (χ2v) is 6.05. The maximum atomic E-state index is 12.5. The number of nitrogens with two attached hydrogens (primary N) is 1. The Morgan fingerprint density at radius 3 is 2.44 bits per heavy atom. The average Bonchev–Trinajstić information content (AvgIpc) is 2.59. The lowest BCUT2D eigenvalue weighted by atomic mass is 10.1. The molecule has 0 radical (unpaired) electrons. The first-order valence-corrected chi connectivity index (χ1v) is 8.64. The maximum absolute atomic E-state index is 12.5. The van der Waals surface area contributed by atoms with E-state index in [4.69, 9.17) is 10.5 Å². The number of nitrogens with zero attached hydrogens (tertiary/aromatic N) is 2. The van der Waals surface area contributed by atoms with Gasteiger partial charge in [-0.3, -0.25) is 4.79 Å². The molecule has 1 heterocycles. The summed E-state index contributed by atoms with van der Waals surface area (Å²) in [7, 11) is 0. The van der Waals surface area contributed by atoms with Crippen LogP contribution in [0.2, 0.25) is 0 Å². The number of likely N-dealkylation sites (N-methyl/N-ethyl adjacent to an activating group) is 1. The first kappa shape index (κ1) is 24.0.